The second-order valence-corrected chi connectivity index (χ2v) is 8.04. The Morgan fingerprint density at radius 3 is 2.72 bits per heavy atom. The van der Waals surface area contributed by atoms with Crippen LogP contribution >= 0.6 is 0 Å². The van der Waals surface area contributed by atoms with Crippen molar-refractivity contribution in [2.24, 2.45) is 11.8 Å². The number of aryl methyl sites for hydroxylation is 1. The van der Waals surface area contributed by atoms with Crippen LogP contribution in [0.4, 0.5) is 0 Å². The average molecular weight is 341 g/mol. The van der Waals surface area contributed by atoms with Gasteiger partial charge in [0.15, 0.2) is 0 Å². The normalized spacial score (nSPS) is 27.9. The smallest absolute Gasteiger partial charge is 0.222 e. The lowest BCUT2D eigenvalue weighted by molar-refractivity contribution is -0.128. The number of unbranched alkanes of at least 4 members (excludes halogenated alkanes) is 1. The molecule has 0 bridgehead atoms. The van der Waals surface area contributed by atoms with Gasteiger partial charge in [0.1, 0.15) is 0 Å². The van der Waals surface area contributed by atoms with Gasteiger partial charge in [0.05, 0.1) is 6.10 Å². The number of allylic oxidation sites excluding steroid dienone is 2. The molecule has 3 rings (SSSR count). The Balaban J connectivity index is 1.56. The van der Waals surface area contributed by atoms with E-state index in [-0.39, 0.29) is 17.9 Å². The molecular formula is C22H31NO2. The molecule has 1 saturated carbocycles. The quantitative estimate of drug-likeness (QED) is 0.626. The summed E-state index contributed by atoms with van der Waals surface area (Å²) in [6, 6.07) is 8.51. The van der Waals surface area contributed by atoms with E-state index < -0.39 is 0 Å². The van der Waals surface area contributed by atoms with Crippen LogP contribution < -0.4 is 0 Å². The van der Waals surface area contributed by atoms with Crippen molar-refractivity contribution in [3.05, 3.63) is 47.0 Å². The number of fused-ring (bicyclic) bond motifs is 1. The maximum absolute atomic E-state index is 11.6. The van der Waals surface area contributed by atoms with Gasteiger partial charge < -0.3 is 10.0 Å². The number of carbonyl (C=O) groups excluding carboxylic acids is 1. The molecule has 25 heavy (non-hydrogen) atoms. The fraction of sp³-hybridized carbons (Fsp3) is 0.591. The van der Waals surface area contributed by atoms with Crippen LogP contribution in [0, 0.1) is 18.8 Å². The van der Waals surface area contributed by atoms with Gasteiger partial charge in [-0.2, -0.15) is 0 Å². The molecule has 0 radical (unpaired) electrons. The SMILES string of the molecule is Cc1ccccc1[C@H]1[C@H]2CC(CCCCC(=O)N(C)C)=C[C@H]2C[C@H]1O. The lowest BCUT2D eigenvalue weighted by Crippen LogP contribution is -2.21. The highest BCUT2D eigenvalue weighted by molar-refractivity contribution is 5.75. The molecule has 3 nitrogen and oxygen atoms in total. The predicted octanol–water partition coefficient (Wildman–Crippen LogP) is 4.05. The summed E-state index contributed by atoms with van der Waals surface area (Å²) in [6.07, 6.45) is 8.03. The van der Waals surface area contributed by atoms with Crippen molar-refractivity contribution in [2.75, 3.05) is 14.1 Å². The van der Waals surface area contributed by atoms with Gasteiger partial charge in [0, 0.05) is 26.4 Å². The van der Waals surface area contributed by atoms with E-state index in [1.165, 1.54) is 16.7 Å². The van der Waals surface area contributed by atoms with E-state index in [4.69, 9.17) is 0 Å². The third-order valence-corrected chi connectivity index (χ3v) is 6.07. The fourth-order valence-corrected chi connectivity index (χ4v) is 4.73. The van der Waals surface area contributed by atoms with Crippen LogP contribution in [0.5, 0.6) is 0 Å². The lowest BCUT2D eigenvalue weighted by Gasteiger charge is -2.24. The number of aliphatic hydroxyl groups excluding tert-OH is 1. The molecule has 136 valence electrons. The van der Waals surface area contributed by atoms with Gasteiger partial charge in [-0.15, -0.1) is 0 Å². The van der Waals surface area contributed by atoms with Crippen molar-refractivity contribution >= 4 is 5.91 Å². The Bertz CT molecular complexity index is 649. The molecule has 1 N–H and O–H groups in total. The van der Waals surface area contributed by atoms with Crippen LogP contribution in [0.2, 0.25) is 0 Å². The Morgan fingerprint density at radius 1 is 1.24 bits per heavy atom. The van der Waals surface area contributed by atoms with Gasteiger partial charge in [-0.1, -0.05) is 35.9 Å². The minimum absolute atomic E-state index is 0.216. The van der Waals surface area contributed by atoms with E-state index in [0.717, 1.165) is 32.1 Å². The maximum atomic E-state index is 11.6. The summed E-state index contributed by atoms with van der Waals surface area (Å²) in [4.78, 5) is 13.3. The third-order valence-electron chi connectivity index (χ3n) is 6.07. The maximum Gasteiger partial charge on any atom is 0.222 e. The molecule has 1 aromatic rings. The van der Waals surface area contributed by atoms with Gasteiger partial charge in [-0.3, -0.25) is 4.79 Å². The summed E-state index contributed by atoms with van der Waals surface area (Å²) in [5.74, 6) is 1.57. The van der Waals surface area contributed by atoms with Gasteiger partial charge in [0.25, 0.3) is 0 Å². The van der Waals surface area contributed by atoms with Crippen molar-refractivity contribution in [3.8, 4) is 0 Å². The van der Waals surface area contributed by atoms with Crippen molar-refractivity contribution < 1.29 is 9.90 Å². The molecule has 0 aromatic heterocycles. The zero-order chi connectivity index (χ0) is 18.0. The Morgan fingerprint density at radius 2 is 2.00 bits per heavy atom. The third kappa shape index (κ3) is 3.98. The zero-order valence-electron chi connectivity index (χ0n) is 15.7. The molecule has 1 amide bonds. The van der Waals surface area contributed by atoms with E-state index in [1.807, 2.05) is 14.1 Å². The first-order chi connectivity index (χ1) is 12.0. The summed E-state index contributed by atoms with van der Waals surface area (Å²) in [7, 11) is 3.64. The van der Waals surface area contributed by atoms with Crippen molar-refractivity contribution in [3.63, 3.8) is 0 Å². The van der Waals surface area contributed by atoms with Crippen LogP contribution in [-0.4, -0.2) is 36.1 Å². The monoisotopic (exact) mass is 341 g/mol. The molecular weight excluding hydrogens is 310 g/mol. The predicted molar refractivity (Wildman–Crippen MR) is 101 cm³/mol. The van der Waals surface area contributed by atoms with E-state index >= 15 is 0 Å². The lowest BCUT2D eigenvalue weighted by atomic mass is 9.82. The Hall–Kier alpha value is -1.61. The van der Waals surface area contributed by atoms with Crippen LogP contribution in [0.15, 0.2) is 35.9 Å². The van der Waals surface area contributed by atoms with Gasteiger partial charge >= 0.3 is 0 Å². The number of amides is 1. The molecule has 0 spiro atoms. The van der Waals surface area contributed by atoms with Crippen LogP contribution in [0.3, 0.4) is 0 Å². The summed E-state index contributed by atoms with van der Waals surface area (Å²) < 4.78 is 0. The molecule has 1 aromatic carbocycles. The standard InChI is InChI=1S/C22H31NO2/c1-15-8-4-6-10-18(15)22-19-13-16(12-17(19)14-20(22)24)9-5-7-11-21(25)23(2)3/h4,6,8,10,12,17,19-20,22,24H,5,7,9,11,13-14H2,1-3H3/t17-,19-,20+,22-/m0/s1. The molecule has 1 fully saturated rings. The molecule has 4 atom stereocenters. The summed E-state index contributed by atoms with van der Waals surface area (Å²) in [6.45, 7) is 2.15. The molecule has 2 aliphatic carbocycles. The number of carbonyl (C=O) groups is 1. The van der Waals surface area contributed by atoms with Crippen molar-refractivity contribution in [1.29, 1.82) is 0 Å². The topological polar surface area (TPSA) is 40.5 Å². The summed E-state index contributed by atoms with van der Waals surface area (Å²) in [5, 5.41) is 10.6. The number of benzene rings is 1. The number of rotatable bonds is 6. The van der Waals surface area contributed by atoms with Gasteiger partial charge in [-0.05, 0) is 62.0 Å². The summed E-state index contributed by atoms with van der Waals surface area (Å²) in [5.41, 5.74) is 4.16. The van der Waals surface area contributed by atoms with Gasteiger partial charge in [0.2, 0.25) is 5.91 Å². The number of aliphatic hydroxyl groups is 1. The minimum Gasteiger partial charge on any atom is -0.392 e. The first kappa shape index (κ1) is 18.2. The molecule has 0 unspecified atom stereocenters. The molecule has 0 saturated heterocycles. The zero-order valence-corrected chi connectivity index (χ0v) is 15.7. The second kappa shape index (κ2) is 7.74. The highest BCUT2D eigenvalue weighted by atomic mass is 16.3. The number of hydrogen-bond donors (Lipinski definition) is 1. The van der Waals surface area contributed by atoms with Crippen LogP contribution in [0.1, 0.15) is 55.6 Å². The van der Waals surface area contributed by atoms with E-state index in [1.54, 1.807) is 4.90 Å². The number of nitrogens with zero attached hydrogens (tertiary/aromatic N) is 1. The minimum atomic E-state index is -0.216. The summed E-state index contributed by atoms with van der Waals surface area (Å²) >= 11 is 0. The number of hydrogen-bond acceptors (Lipinski definition) is 2. The van der Waals surface area contributed by atoms with E-state index in [0.29, 0.717) is 18.3 Å². The largest absolute Gasteiger partial charge is 0.392 e. The Kier molecular flexibility index (Phi) is 5.63. The average Bonchev–Trinajstić information content (AvgIpc) is 3.08. The highest BCUT2D eigenvalue weighted by Crippen LogP contribution is 2.52. The van der Waals surface area contributed by atoms with Crippen molar-refractivity contribution in [2.45, 2.75) is 57.5 Å². The first-order valence-electron chi connectivity index (χ1n) is 9.60. The van der Waals surface area contributed by atoms with E-state index in [2.05, 4.69) is 37.3 Å². The second-order valence-electron chi connectivity index (χ2n) is 8.04. The first-order valence-corrected chi connectivity index (χ1v) is 9.60. The van der Waals surface area contributed by atoms with Crippen molar-refractivity contribution in [1.82, 2.24) is 4.90 Å². The molecule has 2 aliphatic rings. The van der Waals surface area contributed by atoms with Gasteiger partial charge in [-0.25, -0.2) is 0 Å². The van der Waals surface area contributed by atoms with Crippen LogP contribution in [0.25, 0.3) is 0 Å². The molecule has 3 heteroatoms. The van der Waals surface area contributed by atoms with E-state index in [9.17, 15) is 9.90 Å². The van der Waals surface area contributed by atoms with Crippen LogP contribution in [-0.2, 0) is 4.79 Å². The molecule has 0 heterocycles. The fourth-order valence-electron chi connectivity index (χ4n) is 4.73. The highest BCUT2D eigenvalue weighted by Gasteiger charge is 2.45. The Labute approximate surface area is 151 Å². The molecule has 0 aliphatic heterocycles.